The molecule has 102 valence electrons. The average Bonchev–Trinajstić information content (AvgIpc) is 2.83. The molecule has 1 unspecified atom stereocenters. The van der Waals surface area contributed by atoms with Gasteiger partial charge >= 0.3 is 0 Å². The first-order chi connectivity index (χ1) is 9.17. The first kappa shape index (κ1) is 14.4. The van der Waals surface area contributed by atoms with Gasteiger partial charge in [0.1, 0.15) is 5.82 Å². The summed E-state index contributed by atoms with van der Waals surface area (Å²) in [6.45, 7) is 3.08. The van der Waals surface area contributed by atoms with Gasteiger partial charge in [0.15, 0.2) is 0 Å². The molecule has 0 aliphatic rings. The van der Waals surface area contributed by atoms with E-state index in [9.17, 15) is 0 Å². The van der Waals surface area contributed by atoms with E-state index in [0.29, 0.717) is 10.0 Å². The Morgan fingerprint density at radius 3 is 2.84 bits per heavy atom. The summed E-state index contributed by atoms with van der Waals surface area (Å²) in [6, 6.07) is 5.43. The SMILES string of the molecule is CCCn1ccnc1C(NC)c1cc(Cl)ccc1Cl. The molecule has 5 heteroatoms. The summed E-state index contributed by atoms with van der Waals surface area (Å²) in [4.78, 5) is 4.45. The highest BCUT2D eigenvalue weighted by atomic mass is 35.5. The van der Waals surface area contributed by atoms with Gasteiger partial charge in [-0.15, -0.1) is 0 Å². The Morgan fingerprint density at radius 2 is 2.16 bits per heavy atom. The Morgan fingerprint density at radius 1 is 1.37 bits per heavy atom. The van der Waals surface area contributed by atoms with Crippen molar-refractivity contribution in [2.24, 2.45) is 0 Å². The number of imidazole rings is 1. The summed E-state index contributed by atoms with van der Waals surface area (Å²) in [7, 11) is 1.90. The Balaban J connectivity index is 2.44. The van der Waals surface area contributed by atoms with E-state index in [0.717, 1.165) is 24.4 Å². The van der Waals surface area contributed by atoms with Crippen LogP contribution in [0, 0.1) is 0 Å². The van der Waals surface area contributed by atoms with Crippen LogP contribution in [0.25, 0.3) is 0 Å². The number of nitrogens with zero attached hydrogens (tertiary/aromatic N) is 2. The van der Waals surface area contributed by atoms with Gasteiger partial charge in [0.05, 0.1) is 6.04 Å². The van der Waals surface area contributed by atoms with Crippen molar-refractivity contribution in [2.45, 2.75) is 25.9 Å². The van der Waals surface area contributed by atoms with Gasteiger partial charge in [-0.2, -0.15) is 0 Å². The van der Waals surface area contributed by atoms with E-state index >= 15 is 0 Å². The van der Waals surface area contributed by atoms with Crippen LogP contribution in [-0.4, -0.2) is 16.6 Å². The van der Waals surface area contributed by atoms with Gasteiger partial charge in [0.2, 0.25) is 0 Å². The Hall–Kier alpha value is -1.03. The number of benzene rings is 1. The molecule has 2 rings (SSSR count). The second kappa shape index (κ2) is 6.42. The van der Waals surface area contributed by atoms with E-state index in [4.69, 9.17) is 23.2 Å². The van der Waals surface area contributed by atoms with E-state index < -0.39 is 0 Å². The lowest BCUT2D eigenvalue weighted by Gasteiger charge is -2.19. The smallest absolute Gasteiger partial charge is 0.130 e. The van der Waals surface area contributed by atoms with Crippen LogP contribution in [0.15, 0.2) is 30.6 Å². The predicted molar refractivity (Wildman–Crippen MR) is 79.9 cm³/mol. The normalized spacial score (nSPS) is 12.6. The molecule has 3 nitrogen and oxygen atoms in total. The van der Waals surface area contributed by atoms with Crippen molar-refractivity contribution in [1.82, 2.24) is 14.9 Å². The van der Waals surface area contributed by atoms with Crippen LogP contribution >= 0.6 is 23.2 Å². The molecule has 1 aromatic carbocycles. The second-order valence-corrected chi connectivity index (χ2v) is 5.21. The fraction of sp³-hybridized carbons (Fsp3) is 0.357. The third kappa shape index (κ3) is 3.11. The number of aryl methyl sites for hydroxylation is 1. The molecule has 1 aromatic heterocycles. The standard InChI is InChI=1S/C14H17Cl2N3/c1-3-7-19-8-6-18-14(19)13(17-2)11-9-10(15)4-5-12(11)16/h4-6,8-9,13,17H,3,7H2,1-2H3. The number of rotatable bonds is 5. The van der Waals surface area contributed by atoms with Gasteiger partial charge in [-0.1, -0.05) is 30.1 Å². The summed E-state index contributed by atoms with van der Waals surface area (Å²) < 4.78 is 2.14. The zero-order chi connectivity index (χ0) is 13.8. The molecule has 0 aliphatic heterocycles. The molecule has 1 atom stereocenters. The molecule has 0 radical (unpaired) electrons. The Kier molecular flexibility index (Phi) is 4.86. The van der Waals surface area contributed by atoms with Crippen molar-refractivity contribution in [1.29, 1.82) is 0 Å². The predicted octanol–water partition coefficient (Wildman–Crippen LogP) is 3.91. The number of nitrogens with one attached hydrogen (secondary N) is 1. The van der Waals surface area contributed by atoms with E-state index in [-0.39, 0.29) is 6.04 Å². The lowest BCUT2D eigenvalue weighted by atomic mass is 10.1. The van der Waals surface area contributed by atoms with Crippen LogP contribution in [0.3, 0.4) is 0 Å². The van der Waals surface area contributed by atoms with Crippen molar-refractivity contribution in [2.75, 3.05) is 7.05 Å². The second-order valence-electron chi connectivity index (χ2n) is 4.37. The maximum Gasteiger partial charge on any atom is 0.130 e. The van der Waals surface area contributed by atoms with Gasteiger partial charge in [-0.25, -0.2) is 4.98 Å². The van der Waals surface area contributed by atoms with Crippen molar-refractivity contribution in [3.05, 3.63) is 52.0 Å². The Labute approximate surface area is 123 Å². The number of hydrogen-bond acceptors (Lipinski definition) is 2. The minimum atomic E-state index is -0.0623. The van der Waals surface area contributed by atoms with E-state index in [1.54, 1.807) is 6.07 Å². The summed E-state index contributed by atoms with van der Waals surface area (Å²) in [5.41, 5.74) is 0.945. The molecule has 1 N–H and O–H groups in total. The molecular weight excluding hydrogens is 281 g/mol. The van der Waals surface area contributed by atoms with E-state index in [2.05, 4.69) is 21.8 Å². The highest BCUT2D eigenvalue weighted by Gasteiger charge is 2.20. The van der Waals surface area contributed by atoms with E-state index in [1.807, 2.05) is 31.6 Å². The van der Waals surface area contributed by atoms with Crippen molar-refractivity contribution in [3.63, 3.8) is 0 Å². The van der Waals surface area contributed by atoms with Gasteiger partial charge in [0, 0.05) is 29.0 Å². The van der Waals surface area contributed by atoms with E-state index in [1.165, 1.54) is 0 Å². The summed E-state index contributed by atoms with van der Waals surface area (Å²) in [5.74, 6) is 0.952. The van der Waals surface area contributed by atoms with Crippen LogP contribution < -0.4 is 5.32 Å². The molecule has 0 aliphatic carbocycles. The van der Waals surface area contributed by atoms with Gasteiger partial charge in [-0.3, -0.25) is 0 Å². The van der Waals surface area contributed by atoms with Crippen molar-refractivity contribution >= 4 is 23.2 Å². The minimum absolute atomic E-state index is 0.0623. The highest BCUT2D eigenvalue weighted by Crippen LogP contribution is 2.29. The molecular formula is C14H17Cl2N3. The van der Waals surface area contributed by atoms with Gasteiger partial charge < -0.3 is 9.88 Å². The summed E-state index contributed by atoms with van der Waals surface area (Å²) in [5, 5.41) is 4.63. The molecule has 1 heterocycles. The number of aromatic nitrogens is 2. The zero-order valence-corrected chi connectivity index (χ0v) is 12.5. The fourth-order valence-corrected chi connectivity index (χ4v) is 2.58. The molecule has 0 saturated heterocycles. The number of halogens is 2. The van der Waals surface area contributed by atoms with Crippen LogP contribution in [0.2, 0.25) is 10.0 Å². The summed E-state index contributed by atoms with van der Waals surface area (Å²) in [6.07, 6.45) is 4.86. The fourth-order valence-electron chi connectivity index (χ4n) is 2.17. The number of hydrogen-bond donors (Lipinski definition) is 1. The molecule has 0 bridgehead atoms. The van der Waals surface area contributed by atoms with Crippen LogP contribution in [0.5, 0.6) is 0 Å². The van der Waals surface area contributed by atoms with Crippen LogP contribution in [0.4, 0.5) is 0 Å². The maximum absolute atomic E-state index is 6.28. The van der Waals surface area contributed by atoms with Crippen molar-refractivity contribution in [3.8, 4) is 0 Å². The largest absolute Gasteiger partial charge is 0.333 e. The van der Waals surface area contributed by atoms with Gasteiger partial charge in [0.25, 0.3) is 0 Å². The summed E-state index contributed by atoms with van der Waals surface area (Å²) >= 11 is 12.3. The lowest BCUT2D eigenvalue weighted by molar-refractivity contribution is 0.568. The quantitative estimate of drug-likeness (QED) is 0.907. The zero-order valence-electron chi connectivity index (χ0n) is 11.0. The third-order valence-corrected chi connectivity index (χ3v) is 3.61. The molecule has 0 spiro atoms. The van der Waals surface area contributed by atoms with Crippen LogP contribution in [0.1, 0.15) is 30.8 Å². The first-order valence-electron chi connectivity index (χ1n) is 6.30. The molecule has 0 fully saturated rings. The molecule has 0 saturated carbocycles. The minimum Gasteiger partial charge on any atom is -0.333 e. The monoisotopic (exact) mass is 297 g/mol. The third-order valence-electron chi connectivity index (χ3n) is 3.03. The molecule has 2 aromatic rings. The lowest BCUT2D eigenvalue weighted by Crippen LogP contribution is -2.22. The topological polar surface area (TPSA) is 29.9 Å². The molecule has 0 amide bonds. The van der Waals surface area contributed by atoms with Crippen LogP contribution in [-0.2, 0) is 6.54 Å². The Bertz CT molecular complexity index is 551. The molecule has 19 heavy (non-hydrogen) atoms. The van der Waals surface area contributed by atoms with Gasteiger partial charge in [-0.05, 0) is 37.2 Å². The van der Waals surface area contributed by atoms with Crippen molar-refractivity contribution < 1.29 is 0 Å². The average molecular weight is 298 g/mol. The maximum atomic E-state index is 6.28. The highest BCUT2D eigenvalue weighted by molar-refractivity contribution is 6.33. The first-order valence-corrected chi connectivity index (χ1v) is 7.06.